The summed E-state index contributed by atoms with van der Waals surface area (Å²) in [6, 6.07) is 12.2. The molecule has 2 aromatic heterocycles. The Labute approximate surface area is 190 Å². The van der Waals surface area contributed by atoms with Gasteiger partial charge in [0.25, 0.3) is 0 Å². The fraction of sp³-hybridized carbons (Fsp3) is 0.261. The molecule has 1 aromatic carbocycles. The van der Waals surface area contributed by atoms with Gasteiger partial charge < -0.3 is 10.1 Å². The monoisotopic (exact) mass is 466 g/mol. The number of rotatable bonds is 5. The van der Waals surface area contributed by atoms with E-state index in [1.165, 1.54) is 12.3 Å². The van der Waals surface area contributed by atoms with Crippen molar-refractivity contribution in [3.05, 3.63) is 66.1 Å². The SMILES string of the molecule is CCS(=O)(=O)c1ccc(-c2cc3c(cc2C2CCOC2=O)N(O)C(c2ccccn2)N3)cn1. The Kier molecular flexibility index (Phi) is 5.26. The largest absolute Gasteiger partial charge is 0.465 e. The quantitative estimate of drug-likeness (QED) is 0.546. The number of hydrogen-bond donors (Lipinski definition) is 2. The van der Waals surface area contributed by atoms with E-state index in [2.05, 4.69) is 15.3 Å². The minimum absolute atomic E-state index is 0.00612. The highest BCUT2D eigenvalue weighted by Gasteiger charge is 2.36. The number of hydroxylamine groups is 1. The zero-order valence-corrected chi connectivity index (χ0v) is 18.6. The van der Waals surface area contributed by atoms with Crippen LogP contribution in [0.5, 0.6) is 0 Å². The molecule has 10 heteroatoms. The Balaban J connectivity index is 1.61. The number of fused-ring (bicyclic) bond motifs is 1. The lowest BCUT2D eigenvalue weighted by Gasteiger charge is -2.20. The molecule has 0 saturated carbocycles. The van der Waals surface area contributed by atoms with Crippen LogP contribution in [0, 0.1) is 0 Å². The third-order valence-electron chi connectivity index (χ3n) is 5.98. The first-order valence-electron chi connectivity index (χ1n) is 10.6. The summed E-state index contributed by atoms with van der Waals surface area (Å²) < 4.78 is 29.5. The molecule has 9 nitrogen and oxygen atoms in total. The van der Waals surface area contributed by atoms with Crippen LogP contribution in [-0.2, 0) is 19.4 Å². The van der Waals surface area contributed by atoms with Gasteiger partial charge in [0, 0.05) is 18.0 Å². The molecule has 2 unspecified atom stereocenters. The number of nitrogens with one attached hydrogen (secondary N) is 1. The van der Waals surface area contributed by atoms with Crippen LogP contribution in [0.15, 0.2) is 59.9 Å². The first-order valence-corrected chi connectivity index (χ1v) is 12.2. The molecule has 3 aromatic rings. The maximum absolute atomic E-state index is 12.4. The number of esters is 1. The van der Waals surface area contributed by atoms with Crippen molar-refractivity contribution < 1.29 is 23.2 Å². The molecular formula is C23H22N4O5S. The van der Waals surface area contributed by atoms with Crippen LogP contribution >= 0.6 is 0 Å². The lowest BCUT2D eigenvalue weighted by Crippen LogP contribution is -2.25. The van der Waals surface area contributed by atoms with E-state index in [1.807, 2.05) is 12.1 Å². The molecule has 2 N–H and O–H groups in total. The number of carbonyl (C=O) groups is 1. The summed E-state index contributed by atoms with van der Waals surface area (Å²) in [6.07, 6.45) is 3.07. The van der Waals surface area contributed by atoms with Crippen molar-refractivity contribution in [1.82, 2.24) is 9.97 Å². The number of ether oxygens (including phenoxy) is 1. The van der Waals surface area contributed by atoms with Crippen LogP contribution in [0.3, 0.4) is 0 Å². The molecule has 2 atom stereocenters. The van der Waals surface area contributed by atoms with Crippen molar-refractivity contribution in [3.63, 3.8) is 0 Å². The molecule has 0 spiro atoms. The number of pyridine rings is 2. The smallest absolute Gasteiger partial charge is 0.313 e. The van der Waals surface area contributed by atoms with Gasteiger partial charge in [0.05, 0.1) is 35.3 Å². The maximum Gasteiger partial charge on any atom is 0.313 e. The second-order valence-electron chi connectivity index (χ2n) is 7.90. The molecule has 0 radical (unpaired) electrons. The first kappa shape index (κ1) is 21.4. The predicted molar refractivity (Wildman–Crippen MR) is 121 cm³/mol. The summed E-state index contributed by atoms with van der Waals surface area (Å²) in [5.74, 6) is -0.861. The van der Waals surface area contributed by atoms with E-state index in [-0.39, 0.29) is 16.7 Å². The Hall–Kier alpha value is -3.50. The molecule has 2 aliphatic heterocycles. The number of cyclic esters (lactones) is 1. The van der Waals surface area contributed by atoms with Gasteiger partial charge >= 0.3 is 5.97 Å². The number of carbonyl (C=O) groups excluding carboxylic acids is 1. The van der Waals surface area contributed by atoms with E-state index in [9.17, 15) is 18.4 Å². The van der Waals surface area contributed by atoms with Gasteiger partial charge in [-0.25, -0.2) is 18.5 Å². The van der Waals surface area contributed by atoms with Crippen LogP contribution in [0.1, 0.15) is 36.7 Å². The molecule has 1 fully saturated rings. The highest BCUT2D eigenvalue weighted by Crippen LogP contribution is 2.46. The summed E-state index contributed by atoms with van der Waals surface area (Å²) >= 11 is 0. The number of aromatic nitrogens is 2. The highest BCUT2D eigenvalue weighted by atomic mass is 32.2. The average Bonchev–Trinajstić information content (AvgIpc) is 3.41. The summed E-state index contributed by atoms with van der Waals surface area (Å²) in [7, 11) is -3.43. The number of hydrogen-bond acceptors (Lipinski definition) is 9. The van der Waals surface area contributed by atoms with Crippen molar-refractivity contribution in [1.29, 1.82) is 0 Å². The second kappa shape index (κ2) is 8.13. The van der Waals surface area contributed by atoms with Crippen molar-refractivity contribution in [2.45, 2.75) is 30.5 Å². The number of benzene rings is 1. The zero-order valence-electron chi connectivity index (χ0n) is 17.8. The third-order valence-corrected chi connectivity index (χ3v) is 7.62. The second-order valence-corrected chi connectivity index (χ2v) is 10.1. The first-order chi connectivity index (χ1) is 15.9. The molecule has 5 rings (SSSR count). The van der Waals surface area contributed by atoms with E-state index in [4.69, 9.17) is 4.74 Å². The molecule has 4 heterocycles. The Morgan fingerprint density at radius 2 is 2.06 bits per heavy atom. The lowest BCUT2D eigenvalue weighted by molar-refractivity contribution is -0.139. The fourth-order valence-corrected chi connectivity index (χ4v) is 4.97. The molecule has 0 amide bonds. The topological polar surface area (TPSA) is 122 Å². The molecule has 0 aliphatic carbocycles. The van der Waals surface area contributed by atoms with Crippen LogP contribution in [0.25, 0.3) is 11.1 Å². The predicted octanol–water partition coefficient (Wildman–Crippen LogP) is 3.29. The van der Waals surface area contributed by atoms with Gasteiger partial charge in [-0.1, -0.05) is 13.0 Å². The van der Waals surface area contributed by atoms with E-state index in [0.29, 0.717) is 46.8 Å². The molecule has 170 valence electrons. The summed E-state index contributed by atoms with van der Waals surface area (Å²) in [5, 5.41) is 15.2. The standard InChI is InChI=1S/C23H22N4O5S/c1-2-33(30,31)21-7-6-14(13-25-21)16-11-19-20(12-17(16)15-8-10-32-23(15)28)27(29)22(26-19)18-5-3-4-9-24-18/h3-7,9,11-13,15,22,26,29H,2,8,10H2,1H3. The normalized spacial score (nSPS) is 19.8. The molecule has 1 saturated heterocycles. The van der Waals surface area contributed by atoms with E-state index in [1.54, 1.807) is 37.4 Å². The Morgan fingerprint density at radius 3 is 2.70 bits per heavy atom. The number of sulfone groups is 1. The van der Waals surface area contributed by atoms with Crippen molar-refractivity contribution >= 4 is 27.2 Å². The summed E-state index contributed by atoms with van der Waals surface area (Å²) in [5.41, 5.74) is 3.87. The van der Waals surface area contributed by atoms with E-state index >= 15 is 0 Å². The van der Waals surface area contributed by atoms with Crippen molar-refractivity contribution in [3.8, 4) is 11.1 Å². The molecule has 2 aliphatic rings. The Bertz CT molecular complexity index is 1310. The molecule has 0 bridgehead atoms. The molecular weight excluding hydrogens is 444 g/mol. The van der Waals surface area contributed by atoms with Crippen LogP contribution in [0.4, 0.5) is 11.4 Å². The lowest BCUT2D eigenvalue weighted by atomic mass is 9.89. The highest BCUT2D eigenvalue weighted by molar-refractivity contribution is 7.91. The van der Waals surface area contributed by atoms with E-state index < -0.39 is 21.9 Å². The van der Waals surface area contributed by atoms with Crippen LogP contribution in [-0.4, -0.2) is 41.9 Å². The van der Waals surface area contributed by atoms with Gasteiger partial charge in [0.1, 0.15) is 0 Å². The summed E-state index contributed by atoms with van der Waals surface area (Å²) in [4.78, 5) is 20.9. The minimum Gasteiger partial charge on any atom is -0.465 e. The zero-order chi connectivity index (χ0) is 23.2. The fourth-order valence-electron chi connectivity index (χ4n) is 4.18. The van der Waals surface area contributed by atoms with Gasteiger partial charge in [-0.3, -0.25) is 15.0 Å². The van der Waals surface area contributed by atoms with Gasteiger partial charge in [0.15, 0.2) is 21.0 Å². The van der Waals surface area contributed by atoms with Crippen molar-refractivity contribution in [2.24, 2.45) is 0 Å². The number of anilines is 2. The van der Waals surface area contributed by atoms with Gasteiger partial charge in [0.2, 0.25) is 0 Å². The van der Waals surface area contributed by atoms with Gasteiger partial charge in [-0.05, 0) is 53.9 Å². The van der Waals surface area contributed by atoms with Gasteiger partial charge in [-0.2, -0.15) is 0 Å². The average molecular weight is 467 g/mol. The van der Waals surface area contributed by atoms with Crippen molar-refractivity contribution in [2.75, 3.05) is 22.7 Å². The van der Waals surface area contributed by atoms with Crippen LogP contribution < -0.4 is 10.4 Å². The summed E-state index contributed by atoms with van der Waals surface area (Å²) in [6.45, 7) is 1.89. The minimum atomic E-state index is -3.43. The van der Waals surface area contributed by atoms with Gasteiger partial charge in [-0.15, -0.1) is 0 Å². The maximum atomic E-state index is 12.4. The Morgan fingerprint density at radius 1 is 1.21 bits per heavy atom. The molecule has 33 heavy (non-hydrogen) atoms. The number of nitrogens with zero attached hydrogens (tertiary/aromatic N) is 3. The third kappa shape index (κ3) is 3.70. The van der Waals surface area contributed by atoms with Crippen LogP contribution in [0.2, 0.25) is 0 Å². The van der Waals surface area contributed by atoms with E-state index in [0.717, 1.165) is 5.06 Å².